The summed E-state index contributed by atoms with van der Waals surface area (Å²) in [5.41, 5.74) is 1.30. The van der Waals surface area contributed by atoms with Crippen LogP contribution in [0.4, 0.5) is 5.69 Å². The lowest BCUT2D eigenvalue weighted by atomic mass is 10.2. The standard InChI is InChI=1S/C18H14Cl2N4O2S/c19-12-7-4-8-13(16(12)20)22-15(25)9-14-17(26)23-18(27-14)24-21-10-11-5-2-1-3-6-11/h1-8,10,14H,9H2,(H,22,25)(H,23,24,26). The van der Waals surface area contributed by atoms with Crippen molar-refractivity contribution in [2.45, 2.75) is 11.7 Å². The molecule has 1 fully saturated rings. The van der Waals surface area contributed by atoms with Crippen molar-refractivity contribution in [2.24, 2.45) is 10.2 Å². The normalized spacial score (nSPS) is 18.1. The van der Waals surface area contributed by atoms with Gasteiger partial charge < -0.3 is 10.6 Å². The molecule has 0 saturated carbocycles. The number of hydrogen-bond acceptors (Lipinski definition) is 5. The van der Waals surface area contributed by atoms with Crippen molar-refractivity contribution in [3.05, 3.63) is 64.1 Å². The zero-order chi connectivity index (χ0) is 19.2. The molecule has 0 bridgehead atoms. The smallest absolute Gasteiger partial charge is 0.240 e. The zero-order valence-electron chi connectivity index (χ0n) is 13.9. The Labute approximate surface area is 170 Å². The summed E-state index contributed by atoms with van der Waals surface area (Å²) in [6, 6.07) is 14.4. The van der Waals surface area contributed by atoms with E-state index in [0.717, 1.165) is 17.3 Å². The quantitative estimate of drug-likeness (QED) is 0.567. The molecule has 1 saturated heterocycles. The molecule has 0 spiro atoms. The van der Waals surface area contributed by atoms with Gasteiger partial charge in [-0.25, -0.2) is 0 Å². The number of thioether (sulfide) groups is 1. The van der Waals surface area contributed by atoms with E-state index in [0.29, 0.717) is 15.9 Å². The SMILES string of the molecule is O=C(CC1S/C(=N/N=Cc2ccccc2)NC1=O)Nc1cccc(Cl)c1Cl. The third-order valence-electron chi connectivity index (χ3n) is 3.53. The third-order valence-corrected chi connectivity index (χ3v) is 5.42. The van der Waals surface area contributed by atoms with Crippen LogP contribution in [0.15, 0.2) is 58.7 Å². The molecule has 2 aromatic carbocycles. The van der Waals surface area contributed by atoms with Crippen molar-refractivity contribution >= 4 is 63.8 Å². The maximum Gasteiger partial charge on any atom is 0.240 e. The first kappa shape index (κ1) is 19.4. The van der Waals surface area contributed by atoms with Gasteiger partial charge in [-0.3, -0.25) is 9.59 Å². The molecule has 1 heterocycles. The molecule has 0 radical (unpaired) electrons. The second kappa shape index (κ2) is 9.03. The van der Waals surface area contributed by atoms with Crippen LogP contribution in [0.2, 0.25) is 10.0 Å². The Balaban J connectivity index is 1.57. The Morgan fingerprint density at radius 3 is 2.74 bits per heavy atom. The number of halogens is 2. The molecule has 6 nitrogen and oxygen atoms in total. The largest absolute Gasteiger partial charge is 0.325 e. The fraction of sp³-hybridized carbons (Fsp3) is 0.111. The van der Waals surface area contributed by atoms with Crippen LogP contribution in [0, 0.1) is 0 Å². The summed E-state index contributed by atoms with van der Waals surface area (Å²) in [6.45, 7) is 0. The van der Waals surface area contributed by atoms with Gasteiger partial charge in [0.25, 0.3) is 0 Å². The Morgan fingerprint density at radius 2 is 1.96 bits per heavy atom. The topological polar surface area (TPSA) is 82.9 Å². The zero-order valence-corrected chi connectivity index (χ0v) is 16.2. The number of amides is 2. The lowest BCUT2D eigenvalue weighted by Crippen LogP contribution is -2.28. The molecule has 1 atom stereocenters. The van der Waals surface area contributed by atoms with E-state index in [2.05, 4.69) is 20.8 Å². The highest BCUT2D eigenvalue weighted by Gasteiger charge is 2.32. The van der Waals surface area contributed by atoms with Crippen LogP contribution in [0.5, 0.6) is 0 Å². The molecule has 0 aromatic heterocycles. The Bertz CT molecular complexity index is 919. The number of rotatable bonds is 5. The maximum atomic E-state index is 12.2. The van der Waals surface area contributed by atoms with Crippen LogP contribution < -0.4 is 10.6 Å². The summed E-state index contributed by atoms with van der Waals surface area (Å²) in [5, 5.41) is 13.6. The second-order valence-electron chi connectivity index (χ2n) is 5.51. The number of anilines is 1. The minimum absolute atomic E-state index is 0.0270. The third kappa shape index (κ3) is 5.32. The van der Waals surface area contributed by atoms with Gasteiger partial charge in [-0.15, -0.1) is 5.10 Å². The average Bonchev–Trinajstić information content (AvgIpc) is 2.99. The Kier molecular flexibility index (Phi) is 6.49. The van der Waals surface area contributed by atoms with E-state index >= 15 is 0 Å². The number of amidine groups is 1. The molecule has 27 heavy (non-hydrogen) atoms. The molecule has 9 heteroatoms. The monoisotopic (exact) mass is 420 g/mol. The fourth-order valence-corrected chi connectivity index (χ4v) is 3.52. The summed E-state index contributed by atoms with van der Waals surface area (Å²) >= 11 is 13.1. The lowest BCUT2D eigenvalue weighted by molar-refractivity contribution is -0.122. The molecule has 1 aliphatic heterocycles. The number of nitrogens with zero attached hydrogens (tertiary/aromatic N) is 2. The molecule has 3 rings (SSSR count). The van der Waals surface area contributed by atoms with Crippen LogP contribution in [0.3, 0.4) is 0 Å². The highest BCUT2D eigenvalue weighted by atomic mass is 35.5. The van der Waals surface area contributed by atoms with Crippen LogP contribution in [-0.2, 0) is 9.59 Å². The number of carbonyl (C=O) groups excluding carboxylic acids is 2. The van der Waals surface area contributed by atoms with Crippen molar-refractivity contribution in [2.75, 3.05) is 5.32 Å². The van der Waals surface area contributed by atoms with Crippen molar-refractivity contribution < 1.29 is 9.59 Å². The number of benzene rings is 2. The van der Waals surface area contributed by atoms with E-state index in [4.69, 9.17) is 23.2 Å². The van der Waals surface area contributed by atoms with Gasteiger partial charge in [-0.05, 0) is 17.7 Å². The van der Waals surface area contributed by atoms with Crippen molar-refractivity contribution in [1.29, 1.82) is 0 Å². The van der Waals surface area contributed by atoms with E-state index < -0.39 is 5.25 Å². The van der Waals surface area contributed by atoms with Crippen molar-refractivity contribution in [1.82, 2.24) is 5.32 Å². The molecule has 2 amide bonds. The predicted molar refractivity (Wildman–Crippen MR) is 111 cm³/mol. The van der Waals surface area contributed by atoms with Gasteiger partial charge >= 0.3 is 0 Å². The fourth-order valence-electron chi connectivity index (χ4n) is 2.24. The van der Waals surface area contributed by atoms with E-state index in [-0.39, 0.29) is 23.3 Å². The first-order chi connectivity index (χ1) is 13.0. The second-order valence-corrected chi connectivity index (χ2v) is 7.49. The maximum absolute atomic E-state index is 12.2. The number of carbonyl (C=O) groups is 2. The van der Waals surface area contributed by atoms with Gasteiger partial charge in [-0.1, -0.05) is 71.4 Å². The van der Waals surface area contributed by atoms with Gasteiger partial charge in [0.05, 0.1) is 21.9 Å². The molecule has 2 N–H and O–H groups in total. The van der Waals surface area contributed by atoms with Crippen LogP contribution in [0.25, 0.3) is 0 Å². The Morgan fingerprint density at radius 1 is 1.19 bits per heavy atom. The summed E-state index contributed by atoms with van der Waals surface area (Å²) in [6.07, 6.45) is 1.56. The highest BCUT2D eigenvalue weighted by molar-refractivity contribution is 8.15. The van der Waals surface area contributed by atoms with Crippen LogP contribution in [0.1, 0.15) is 12.0 Å². The van der Waals surface area contributed by atoms with E-state index in [9.17, 15) is 9.59 Å². The van der Waals surface area contributed by atoms with Crippen molar-refractivity contribution in [3.8, 4) is 0 Å². The first-order valence-electron chi connectivity index (χ1n) is 7.90. The summed E-state index contributed by atoms with van der Waals surface area (Å²) < 4.78 is 0. The summed E-state index contributed by atoms with van der Waals surface area (Å²) in [7, 11) is 0. The number of nitrogens with one attached hydrogen (secondary N) is 2. The minimum Gasteiger partial charge on any atom is -0.325 e. The molecule has 1 unspecified atom stereocenters. The van der Waals surface area contributed by atoms with E-state index in [1.54, 1.807) is 24.4 Å². The van der Waals surface area contributed by atoms with E-state index in [1.807, 2.05) is 30.3 Å². The highest BCUT2D eigenvalue weighted by Crippen LogP contribution is 2.30. The lowest BCUT2D eigenvalue weighted by Gasteiger charge is -2.09. The Hall–Kier alpha value is -2.35. The predicted octanol–water partition coefficient (Wildman–Crippen LogP) is 3.94. The minimum atomic E-state index is -0.589. The van der Waals surface area contributed by atoms with Gasteiger partial charge in [0.1, 0.15) is 5.25 Å². The molecule has 0 aliphatic carbocycles. The molecular weight excluding hydrogens is 407 g/mol. The van der Waals surface area contributed by atoms with Gasteiger partial charge in [0.2, 0.25) is 11.8 Å². The summed E-state index contributed by atoms with van der Waals surface area (Å²) in [5.74, 6) is -0.637. The van der Waals surface area contributed by atoms with Crippen molar-refractivity contribution in [3.63, 3.8) is 0 Å². The number of hydrogen-bond donors (Lipinski definition) is 2. The molecule has 1 aliphatic rings. The first-order valence-corrected chi connectivity index (χ1v) is 9.54. The molecule has 138 valence electrons. The summed E-state index contributed by atoms with van der Waals surface area (Å²) in [4.78, 5) is 24.2. The van der Waals surface area contributed by atoms with Crippen LogP contribution >= 0.6 is 35.0 Å². The molecule has 2 aromatic rings. The van der Waals surface area contributed by atoms with Crippen LogP contribution in [-0.4, -0.2) is 28.4 Å². The van der Waals surface area contributed by atoms with E-state index in [1.165, 1.54) is 0 Å². The van der Waals surface area contributed by atoms with Gasteiger partial charge in [-0.2, -0.15) is 5.10 Å². The molecular formula is C18H14Cl2N4O2S. The average molecular weight is 421 g/mol. The van der Waals surface area contributed by atoms with Gasteiger partial charge in [0.15, 0.2) is 5.17 Å². The van der Waals surface area contributed by atoms with Gasteiger partial charge in [0, 0.05) is 6.42 Å².